The first-order valence-corrected chi connectivity index (χ1v) is 13.7. The molecule has 8 heteroatoms. The first-order chi connectivity index (χ1) is 18.6. The molecule has 38 heavy (non-hydrogen) atoms. The molecule has 4 aromatic rings. The Balaban J connectivity index is 1.50. The number of aryl methyl sites for hydroxylation is 1. The Hall–Kier alpha value is -3.91. The molecule has 0 aliphatic heterocycles. The van der Waals surface area contributed by atoms with Crippen LogP contribution in [0.5, 0.6) is 11.5 Å². The van der Waals surface area contributed by atoms with E-state index in [1.165, 1.54) is 5.56 Å². The summed E-state index contributed by atoms with van der Waals surface area (Å²) in [5.74, 6) is 2.29. The van der Waals surface area contributed by atoms with Crippen LogP contribution in [0.25, 0.3) is 22.5 Å². The fourth-order valence-electron chi connectivity index (χ4n) is 4.13. The number of urea groups is 1. The van der Waals surface area contributed by atoms with Crippen molar-refractivity contribution in [3.8, 4) is 34.0 Å². The zero-order chi connectivity index (χ0) is 26.9. The van der Waals surface area contributed by atoms with Crippen molar-refractivity contribution in [1.82, 2.24) is 14.9 Å². The van der Waals surface area contributed by atoms with Gasteiger partial charge in [-0.2, -0.15) is 0 Å². The Morgan fingerprint density at radius 2 is 1.47 bits per heavy atom. The predicted molar refractivity (Wildman–Crippen MR) is 155 cm³/mol. The van der Waals surface area contributed by atoms with Crippen LogP contribution in [0.2, 0.25) is 0 Å². The van der Waals surface area contributed by atoms with Gasteiger partial charge in [-0.1, -0.05) is 30.8 Å². The molecule has 0 spiro atoms. The summed E-state index contributed by atoms with van der Waals surface area (Å²) in [5.41, 5.74) is 6.04. The third kappa shape index (κ3) is 6.50. The zero-order valence-corrected chi connectivity index (χ0v) is 23.1. The lowest BCUT2D eigenvalue weighted by atomic mass is 10.0. The highest BCUT2D eigenvalue weighted by molar-refractivity contribution is 7.99. The third-order valence-electron chi connectivity index (χ3n) is 6.21. The van der Waals surface area contributed by atoms with Gasteiger partial charge in [-0.05, 0) is 79.6 Å². The van der Waals surface area contributed by atoms with Crippen molar-refractivity contribution in [1.29, 1.82) is 0 Å². The molecular formula is C30H34N4O3S. The van der Waals surface area contributed by atoms with E-state index < -0.39 is 0 Å². The smallest absolute Gasteiger partial charge is 0.319 e. The normalized spacial score (nSPS) is 10.7. The molecule has 1 aromatic heterocycles. The Bertz CT molecular complexity index is 1330. The number of anilines is 1. The molecule has 1 heterocycles. The van der Waals surface area contributed by atoms with Gasteiger partial charge in [-0.3, -0.25) is 0 Å². The lowest BCUT2D eigenvalue weighted by molar-refractivity contribution is 0.252. The van der Waals surface area contributed by atoms with Crippen molar-refractivity contribution in [2.24, 2.45) is 0 Å². The van der Waals surface area contributed by atoms with Crippen LogP contribution in [0.15, 0.2) is 78.0 Å². The Labute approximate surface area is 228 Å². The van der Waals surface area contributed by atoms with Crippen molar-refractivity contribution in [2.45, 2.75) is 32.0 Å². The number of methoxy groups -OCH3 is 2. The summed E-state index contributed by atoms with van der Waals surface area (Å²) >= 11 is 1.62. The van der Waals surface area contributed by atoms with Crippen LogP contribution in [0.3, 0.4) is 0 Å². The maximum absolute atomic E-state index is 12.4. The minimum atomic E-state index is -0.216. The van der Waals surface area contributed by atoms with Gasteiger partial charge in [0.05, 0.1) is 25.6 Å². The van der Waals surface area contributed by atoms with E-state index >= 15 is 0 Å². The molecule has 0 atom stereocenters. The lowest BCUT2D eigenvalue weighted by Crippen LogP contribution is -2.30. The van der Waals surface area contributed by atoms with Crippen LogP contribution in [-0.4, -0.2) is 42.1 Å². The van der Waals surface area contributed by atoms with Gasteiger partial charge in [0.15, 0.2) is 5.16 Å². The van der Waals surface area contributed by atoms with Crippen LogP contribution >= 0.6 is 11.8 Å². The molecule has 7 nitrogen and oxygen atoms in total. The summed E-state index contributed by atoms with van der Waals surface area (Å²) in [6, 6.07) is 23.7. The topological polar surface area (TPSA) is 77.4 Å². The summed E-state index contributed by atoms with van der Waals surface area (Å²) in [5, 5.41) is 6.73. The third-order valence-corrected chi connectivity index (χ3v) is 7.19. The molecule has 2 N–H and O–H groups in total. The van der Waals surface area contributed by atoms with Crippen LogP contribution in [0, 0.1) is 0 Å². The second-order valence-corrected chi connectivity index (χ2v) is 9.63. The van der Waals surface area contributed by atoms with Crippen LogP contribution in [0.4, 0.5) is 10.5 Å². The number of aromatic nitrogens is 2. The number of carbonyl (C=O) groups excluding carboxylic acids is 1. The summed E-state index contributed by atoms with van der Waals surface area (Å²) < 4.78 is 12.9. The molecule has 0 saturated heterocycles. The summed E-state index contributed by atoms with van der Waals surface area (Å²) in [6.07, 6.45) is 0.970. The number of amides is 2. The average molecular weight is 531 g/mol. The first-order valence-electron chi connectivity index (χ1n) is 12.7. The van der Waals surface area contributed by atoms with Crippen LogP contribution < -0.4 is 20.1 Å². The molecule has 2 amide bonds. The Morgan fingerprint density at radius 1 is 0.868 bits per heavy atom. The van der Waals surface area contributed by atoms with E-state index in [1.54, 1.807) is 26.0 Å². The maximum Gasteiger partial charge on any atom is 0.319 e. The SMILES string of the molecule is CCc1ccc(NC(=O)NCCSc2nc(-c3ccc(OC)cc3)c(-c3ccc(OC)cc3)n2CC)cc1. The second kappa shape index (κ2) is 13.1. The van der Waals surface area contributed by atoms with E-state index in [0.717, 1.165) is 57.8 Å². The summed E-state index contributed by atoms with van der Waals surface area (Å²) in [4.78, 5) is 17.4. The largest absolute Gasteiger partial charge is 0.497 e. The van der Waals surface area contributed by atoms with Gasteiger partial charge >= 0.3 is 6.03 Å². The van der Waals surface area contributed by atoms with Crippen LogP contribution in [-0.2, 0) is 13.0 Å². The zero-order valence-electron chi connectivity index (χ0n) is 22.3. The van der Waals surface area contributed by atoms with E-state index in [9.17, 15) is 4.79 Å². The number of thioether (sulfide) groups is 1. The fraction of sp³-hybridized carbons (Fsp3) is 0.267. The van der Waals surface area contributed by atoms with E-state index in [4.69, 9.17) is 14.5 Å². The van der Waals surface area contributed by atoms with E-state index in [2.05, 4.69) is 41.2 Å². The highest BCUT2D eigenvalue weighted by atomic mass is 32.2. The Morgan fingerprint density at radius 3 is 2.03 bits per heavy atom. The quantitative estimate of drug-likeness (QED) is 0.166. The molecular weight excluding hydrogens is 496 g/mol. The summed E-state index contributed by atoms with van der Waals surface area (Å²) in [6.45, 7) is 5.49. The number of hydrogen-bond acceptors (Lipinski definition) is 5. The molecule has 0 bridgehead atoms. The molecule has 0 fully saturated rings. The number of benzene rings is 3. The van der Waals surface area contributed by atoms with Crippen LogP contribution in [0.1, 0.15) is 19.4 Å². The van der Waals surface area contributed by atoms with Gasteiger partial charge in [0.1, 0.15) is 11.5 Å². The van der Waals surface area contributed by atoms with Crippen molar-refractivity contribution < 1.29 is 14.3 Å². The average Bonchev–Trinajstić information content (AvgIpc) is 3.34. The number of carbonyl (C=O) groups is 1. The van der Waals surface area contributed by atoms with Crippen molar-refractivity contribution in [3.05, 3.63) is 78.4 Å². The van der Waals surface area contributed by atoms with Gasteiger partial charge in [0.2, 0.25) is 0 Å². The predicted octanol–water partition coefficient (Wildman–Crippen LogP) is 6.73. The molecule has 0 aliphatic rings. The molecule has 3 aromatic carbocycles. The number of nitrogens with one attached hydrogen (secondary N) is 2. The molecule has 0 radical (unpaired) electrons. The number of rotatable bonds is 11. The van der Waals surface area contributed by atoms with Gasteiger partial charge in [-0.15, -0.1) is 0 Å². The monoisotopic (exact) mass is 530 g/mol. The number of imidazole rings is 1. The first kappa shape index (κ1) is 27.1. The van der Waals surface area contributed by atoms with Crippen molar-refractivity contribution in [2.75, 3.05) is 31.8 Å². The molecule has 0 aliphatic carbocycles. The van der Waals surface area contributed by atoms with Crippen molar-refractivity contribution in [3.63, 3.8) is 0 Å². The molecule has 0 saturated carbocycles. The Kier molecular flexibility index (Phi) is 9.32. The minimum Gasteiger partial charge on any atom is -0.497 e. The van der Waals surface area contributed by atoms with Gasteiger partial charge in [0.25, 0.3) is 0 Å². The van der Waals surface area contributed by atoms with E-state index in [0.29, 0.717) is 12.3 Å². The number of nitrogens with zero attached hydrogens (tertiary/aromatic N) is 2. The molecule has 198 valence electrons. The standard InChI is InChI=1S/C30H34N4O3S/c1-5-21-7-13-24(14-8-21)32-29(35)31-19-20-38-30-33-27(22-9-15-25(36-3)16-10-22)28(34(30)6-2)23-11-17-26(37-4)18-12-23/h7-18H,5-6,19-20H2,1-4H3,(H2,31,32,35). The van der Waals surface area contributed by atoms with Gasteiger partial charge in [-0.25, -0.2) is 9.78 Å². The van der Waals surface area contributed by atoms with Gasteiger partial charge < -0.3 is 24.7 Å². The highest BCUT2D eigenvalue weighted by Gasteiger charge is 2.20. The van der Waals surface area contributed by atoms with E-state index in [-0.39, 0.29) is 6.03 Å². The highest BCUT2D eigenvalue weighted by Crippen LogP contribution is 2.37. The van der Waals surface area contributed by atoms with E-state index in [1.807, 2.05) is 60.7 Å². The summed E-state index contributed by atoms with van der Waals surface area (Å²) in [7, 11) is 3.33. The molecule has 4 rings (SSSR count). The maximum atomic E-state index is 12.4. The number of ether oxygens (including phenoxy) is 2. The second-order valence-electron chi connectivity index (χ2n) is 8.57. The lowest BCUT2D eigenvalue weighted by Gasteiger charge is -2.12. The number of hydrogen-bond donors (Lipinski definition) is 2. The molecule has 0 unspecified atom stereocenters. The van der Waals surface area contributed by atoms with Crippen molar-refractivity contribution >= 4 is 23.5 Å². The van der Waals surface area contributed by atoms with Gasteiger partial charge in [0, 0.05) is 35.7 Å². The minimum absolute atomic E-state index is 0.216. The fourth-order valence-corrected chi connectivity index (χ4v) is 5.05.